The molecule has 0 amide bonds. The Balaban J connectivity index is 1.98. The molecule has 1 aromatic carbocycles. The van der Waals surface area contributed by atoms with Gasteiger partial charge in [0.25, 0.3) is 0 Å². The zero-order valence-corrected chi connectivity index (χ0v) is 9.91. The molecule has 0 spiro atoms. The summed E-state index contributed by atoms with van der Waals surface area (Å²) in [6.45, 7) is 1.20. The maximum atomic E-state index is 3.85. The lowest BCUT2D eigenvalue weighted by Crippen LogP contribution is -2.53. The largest absolute Gasteiger partial charge is 0.307 e. The van der Waals surface area contributed by atoms with E-state index in [0.29, 0.717) is 5.54 Å². The van der Waals surface area contributed by atoms with E-state index in [4.69, 9.17) is 0 Å². The van der Waals surface area contributed by atoms with E-state index in [1.54, 1.807) is 0 Å². The summed E-state index contributed by atoms with van der Waals surface area (Å²) in [6, 6.07) is 11.1. The smallest absolute Gasteiger partial charge is 0.0463 e. The van der Waals surface area contributed by atoms with Gasteiger partial charge in [-0.05, 0) is 43.7 Å². The van der Waals surface area contributed by atoms with Crippen LogP contribution in [0.1, 0.15) is 44.1 Å². The van der Waals surface area contributed by atoms with Crippen LogP contribution in [0.15, 0.2) is 30.3 Å². The lowest BCUT2D eigenvalue weighted by Gasteiger charge is -2.48. The molecule has 1 saturated carbocycles. The van der Waals surface area contributed by atoms with E-state index < -0.39 is 0 Å². The number of nitrogens with one attached hydrogen (secondary N) is 1. The van der Waals surface area contributed by atoms with Crippen LogP contribution in [0.5, 0.6) is 0 Å². The molecule has 0 radical (unpaired) electrons. The highest BCUT2D eigenvalue weighted by molar-refractivity contribution is 5.27. The van der Waals surface area contributed by atoms with Gasteiger partial charge in [-0.3, -0.25) is 0 Å². The topological polar surface area (TPSA) is 12.0 Å². The number of benzene rings is 1. The van der Waals surface area contributed by atoms with E-state index in [0.717, 1.165) is 5.92 Å². The minimum atomic E-state index is 0.317. The van der Waals surface area contributed by atoms with E-state index in [1.165, 1.54) is 50.6 Å². The highest BCUT2D eigenvalue weighted by atomic mass is 15.0. The first kappa shape index (κ1) is 10.3. The Morgan fingerprint density at radius 2 is 1.81 bits per heavy atom. The van der Waals surface area contributed by atoms with Crippen LogP contribution in [0.2, 0.25) is 0 Å². The predicted molar refractivity (Wildman–Crippen MR) is 67.3 cm³/mol. The van der Waals surface area contributed by atoms with Crippen LogP contribution in [0, 0.1) is 5.92 Å². The SMILES string of the molecule is c1ccc(C23CCCCC2CCCN3)cc1. The Hall–Kier alpha value is -0.820. The van der Waals surface area contributed by atoms with E-state index in [9.17, 15) is 0 Å². The van der Waals surface area contributed by atoms with E-state index in [1.807, 2.05) is 0 Å². The average Bonchev–Trinajstić information content (AvgIpc) is 2.40. The van der Waals surface area contributed by atoms with Gasteiger partial charge in [0.2, 0.25) is 0 Å². The molecular weight excluding hydrogens is 194 g/mol. The van der Waals surface area contributed by atoms with Gasteiger partial charge in [0.05, 0.1) is 0 Å². The number of hydrogen-bond acceptors (Lipinski definition) is 1. The van der Waals surface area contributed by atoms with Crippen molar-refractivity contribution in [2.75, 3.05) is 6.54 Å². The summed E-state index contributed by atoms with van der Waals surface area (Å²) in [7, 11) is 0. The second kappa shape index (κ2) is 4.21. The third kappa shape index (κ3) is 1.58. The van der Waals surface area contributed by atoms with Crippen molar-refractivity contribution in [3.05, 3.63) is 35.9 Å². The number of fused-ring (bicyclic) bond motifs is 1. The van der Waals surface area contributed by atoms with E-state index in [-0.39, 0.29) is 0 Å². The monoisotopic (exact) mass is 215 g/mol. The van der Waals surface area contributed by atoms with Gasteiger partial charge < -0.3 is 5.32 Å². The molecular formula is C15H21N. The molecule has 2 aliphatic rings. The first-order chi connectivity index (χ1) is 7.92. The summed E-state index contributed by atoms with van der Waals surface area (Å²) < 4.78 is 0. The van der Waals surface area contributed by atoms with E-state index >= 15 is 0 Å². The highest BCUT2D eigenvalue weighted by Crippen LogP contribution is 2.45. The first-order valence-corrected chi connectivity index (χ1v) is 6.72. The van der Waals surface area contributed by atoms with Crippen molar-refractivity contribution < 1.29 is 0 Å². The van der Waals surface area contributed by atoms with Crippen molar-refractivity contribution in [3.8, 4) is 0 Å². The van der Waals surface area contributed by atoms with Gasteiger partial charge in [0.15, 0.2) is 0 Å². The minimum Gasteiger partial charge on any atom is -0.307 e. The molecule has 3 rings (SSSR count). The lowest BCUT2D eigenvalue weighted by atomic mass is 9.65. The van der Waals surface area contributed by atoms with Crippen LogP contribution in [-0.4, -0.2) is 6.54 Å². The highest BCUT2D eigenvalue weighted by Gasteiger charge is 2.42. The zero-order valence-electron chi connectivity index (χ0n) is 9.91. The molecule has 0 bridgehead atoms. The molecule has 2 unspecified atom stereocenters. The predicted octanol–water partition coefficient (Wildman–Crippen LogP) is 3.46. The molecule has 0 aromatic heterocycles. The summed E-state index contributed by atoms with van der Waals surface area (Å²) in [5.74, 6) is 0.873. The molecule has 2 atom stereocenters. The third-order valence-electron chi connectivity index (χ3n) is 4.53. The van der Waals surface area contributed by atoms with Gasteiger partial charge in [-0.15, -0.1) is 0 Å². The molecule has 86 valence electrons. The molecule has 16 heavy (non-hydrogen) atoms. The van der Waals surface area contributed by atoms with Crippen LogP contribution >= 0.6 is 0 Å². The fourth-order valence-corrected chi connectivity index (χ4v) is 3.75. The van der Waals surface area contributed by atoms with Crippen molar-refractivity contribution in [2.45, 2.75) is 44.1 Å². The summed E-state index contributed by atoms with van der Waals surface area (Å²) >= 11 is 0. The lowest BCUT2D eigenvalue weighted by molar-refractivity contribution is 0.101. The minimum absolute atomic E-state index is 0.317. The molecule has 1 aliphatic heterocycles. The van der Waals surface area contributed by atoms with Crippen LogP contribution < -0.4 is 5.32 Å². The molecule has 1 aromatic rings. The van der Waals surface area contributed by atoms with E-state index in [2.05, 4.69) is 35.6 Å². The summed E-state index contributed by atoms with van der Waals surface area (Å²) in [5.41, 5.74) is 1.84. The van der Waals surface area contributed by atoms with Gasteiger partial charge in [0, 0.05) is 5.54 Å². The van der Waals surface area contributed by atoms with Gasteiger partial charge >= 0.3 is 0 Å². The fourth-order valence-electron chi connectivity index (χ4n) is 3.75. The maximum Gasteiger partial charge on any atom is 0.0463 e. The average molecular weight is 215 g/mol. The Bertz CT molecular complexity index is 332. The van der Waals surface area contributed by atoms with Gasteiger partial charge in [-0.1, -0.05) is 43.2 Å². The van der Waals surface area contributed by atoms with Gasteiger partial charge in [0.1, 0.15) is 0 Å². The van der Waals surface area contributed by atoms with Gasteiger partial charge in [-0.25, -0.2) is 0 Å². The number of rotatable bonds is 1. The van der Waals surface area contributed by atoms with Crippen molar-refractivity contribution in [2.24, 2.45) is 5.92 Å². The number of piperidine rings is 1. The molecule has 1 N–H and O–H groups in total. The summed E-state index contributed by atoms with van der Waals surface area (Å²) in [6.07, 6.45) is 8.35. The molecule has 2 fully saturated rings. The first-order valence-electron chi connectivity index (χ1n) is 6.72. The Labute approximate surface area is 98.3 Å². The maximum absolute atomic E-state index is 3.85. The summed E-state index contributed by atoms with van der Waals surface area (Å²) in [5, 5.41) is 3.85. The molecule has 1 heteroatoms. The van der Waals surface area contributed by atoms with Crippen molar-refractivity contribution >= 4 is 0 Å². The standard InChI is InChI=1S/C15H21N/c1-2-7-13(8-3-1)15-11-5-4-9-14(15)10-6-12-16-15/h1-3,7-8,14,16H,4-6,9-12H2. The van der Waals surface area contributed by atoms with Gasteiger partial charge in [-0.2, -0.15) is 0 Å². The second-order valence-corrected chi connectivity index (χ2v) is 5.35. The van der Waals surface area contributed by atoms with Crippen LogP contribution in [0.3, 0.4) is 0 Å². The van der Waals surface area contributed by atoms with Crippen LogP contribution in [0.4, 0.5) is 0 Å². The Morgan fingerprint density at radius 3 is 2.69 bits per heavy atom. The molecule has 1 saturated heterocycles. The van der Waals surface area contributed by atoms with Crippen molar-refractivity contribution in [3.63, 3.8) is 0 Å². The third-order valence-corrected chi connectivity index (χ3v) is 4.53. The van der Waals surface area contributed by atoms with Crippen LogP contribution in [-0.2, 0) is 5.54 Å². The Kier molecular flexibility index (Phi) is 2.72. The zero-order chi connectivity index (χ0) is 10.8. The molecule has 1 nitrogen and oxygen atoms in total. The fraction of sp³-hybridized carbons (Fsp3) is 0.600. The second-order valence-electron chi connectivity index (χ2n) is 5.35. The summed E-state index contributed by atoms with van der Waals surface area (Å²) in [4.78, 5) is 0. The quantitative estimate of drug-likeness (QED) is 0.756. The van der Waals surface area contributed by atoms with Crippen LogP contribution in [0.25, 0.3) is 0 Å². The molecule has 1 aliphatic carbocycles. The normalized spacial score (nSPS) is 34.4. The number of hydrogen-bond donors (Lipinski definition) is 1. The van der Waals surface area contributed by atoms with Crippen molar-refractivity contribution in [1.82, 2.24) is 5.32 Å². The molecule has 1 heterocycles. The van der Waals surface area contributed by atoms with Crippen molar-refractivity contribution in [1.29, 1.82) is 0 Å². The Morgan fingerprint density at radius 1 is 1.00 bits per heavy atom.